The average Bonchev–Trinajstić information content (AvgIpc) is 3.26. The summed E-state index contributed by atoms with van der Waals surface area (Å²) in [5, 5.41) is 0.675. The molecule has 0 aliphatic carbocycles. The number of rotatable bonds is 4. The van der Waals surface area contributed by atoms with Gasteiger partial charge in [-0.2, -0.15) is 0 Å². The Labute approximate surface area is 170 Å². The van der Waals surface area contributed by atoms with Gasteiger partial charge in [0.15, 0.2) is 9.84 Å². The van der Waals surface area contributed by atoms with E-state index in [1.165, 1.54) is 0 Å². The lowest BCUT2D eigenvalue weighted by Crippen LogP contribution is -2.50. The van der Waals surface area contributed by atoms with Gasteiger partial charge in [0, 0.05) is 29.2 Å². The number of carbonyl (C=O) groups is 1. The number of H-pyrrole nitrogens is 1. The van der Waals surface area contributed by atoms with E-state index in [4.69, 9.17) is 0 Å². The fraction of sp³-hybridized carbons (Fsp3) is 0.348. The van der Waals surface area contributed by atoms with Crippen LogP contribution in [0.3, 0.4) is 0 Å². The maximum absolute atomic E-state index is 13.2. The largest absolute Gasteiger partial charge is 0.361 e. The Kier molecular flexibility index (Phi) is 4.46. The molecule has 150 valence electrons. The van der Waals surface area contributed by atoms with Crippen LogP contribution in [0.1, 0.15) is 31.2 Å². The van der Waals surface area contributed by atoms with Gasteiger partial charge in [0.1, 0.15) is 0 Å². The number of amides is 1. The number of hydrogen-bond acceptors (Lipinski definition) is 3. The summed E-state index contributed by atoms with van der Waals surface area (Å²) >= 11 is 0. The summed E-state index contributed by atoms with van der Waals surface area (Å²) in [6.07, 6.45) is 5.13. The van der Waals surface area contributed by atoms with Crippen molar-refractivity contribution in [1.29, 1.82) is 0 Å². The number of carbonyl (C=O) groups excluding carboxylic acids is 1. The van der Waals surface area contributed by atoms with Crippen molar-refractivity contribution in [2.24, 2.45) is 0 Å². The van der Waals surface area contributed by atoms with Crippen LogP contribution >= 0.6 is 0 Å². The lowest BCUT2D eigenvalue weighted by molar-refractivity contribution is -0.134. The number of sulfone groups is 1. The van der Waals surface area contributed by atoms with Gasteiger partial charge in [-0.3, -0.25) is 4.79 Å². The molecule has 2 fully saturated rings. The minimum Gasteiger partial charge on any atom is -0.361 e. The number of hydrogen-bond donors (Lipinski definition) is 1. The van der Waals surface area contributed by atoms with E-state index in [-0.39, 0.29) is 18.0 Å². The number of aromatic amines is 1. The van der Waals surface area contributed by atoms with E-state index in [2.05, 4.69) is 4.98 Å². The molecular formula is C23H24N2O3S. The van der Waals surface area contributed by atoms with Crippen LogP contribution in [0.15, 0.2) is 65.7 Å². The molecule has 0 radical (unpaired) electrons. The Bertz CT molecular complexity index is 1140. The molecule has 0 unspecified atom stereocenters. The van der Waals surface area contributed by atoms with Crippen molar-refractivity contribution in [1.82, 2.24) is 9.88 Å². The van der Waals surface area contributed by atoms with Crippen LogP contribution in [0.25, 0.3) is 10.9 Å². The van der Waals surface area contributed by atoms with Gasteiger partial charge in [-0.05, 0) is 49.4 Å². The zero-order valence-electron chi connectivity index (χ0n) is 16.1. The van der Waals surface area contributed by atoms with Crippen LogP contribution in [0.2, 0.25) is 0 Å². The normalized spacial score (nSPS) is 24.1. The van der Waals surface area contributed by atoms with Gasteiger partial charge in [0.2, 0.25) is 5.91 Å². The Morgan fingerprint density at radius 3 is 2.34 bits per heavy atom. The van der Waals surface area contributed by atoms with Crippen molar-refractivity contribution in [3.63, 3.8) is 0 Å². The third-order valence-corrected chi connectivity index (χ3v) is 8.70. The van der Waals surface area contributed by atoms with Crippen LogP contribution < -0.4 is 0 Å². The molecule has 2 atom stereocenters. The molecule has 2 aliphatic rings. The zero-order valence-corrected chi connectivity index (χ0v) is 16.9. The molecule has 29 heavy (non-hydrogen) atoms. The molecule has 1 N–H and O–H groups in total. The minimum atomic E-state index is -3.36. The molecule has 2 bridgehead atoms. The molecule has 2 saturated heterocycles. The van der Waals surface area contributed by atoms with Crippen LogP contribution in [0.4, 0.5) is 0 Å². The number of aromatic nitrogens is 1. The predicted octanol–water partition coefficient (Wildman–Crippen LogP) is 3.71. The van der Waals surface area contributed by atoms with E-state index in [1.807, 2.05) is 41.4 Å². The third kappa shape index (κ3) is 3.15. The number of fused-ring (bicyclic) bond motifs is 3. The van der Waals surface area contributed by atoms with Crippen molar-refractivity contribution in [3.8, 4) is 0 Å². The molecule has 6 heteroatoms. The van der Waals surface area contributed by atoms with E-state index in [0.717, 1.165) is 29.3 Å². The van der Waals surface area contributed by atoms with Crippen LogP contribution in [0.5, 0.6) is 0 Å². The van der Waals surface area contributed by atoms with Crippen LogP contribution in [0, 0.1) is 0 Å². The second-order valence-corrected chi connectivity index (χ2v) is 10.4. The van der Waals surface area contributed by atoms with E-state index in [0.29, 0.717) is 24.2 Å². The smallest absolute Gasteiger partial charge is 0.227 e. The maximum Gasteiger partial charge on any atom is 0.227 e. The highest BCUT2D eigenvalue weighted by molar-refractivity contribution is 7.92. The first-order valence-corrected chi connectivity index (χ1v) is 11.7. The molecule has 1 aromatic heterocycles. The fourth-order valence-electron chi connectivity index (χ4n) is 5.12. The SMILES string of the molecule is O=C(Cc1c[nH]c2ccccc12)N1[C@H]2CC[C@H]1CC(S(=O)(=O)c1ccccc1)C2. The average molecular weight is 409 g/mol. The lowest BCUT2D eigenvalue weighted by Gasteiger charge is -2.38. The third-order valence-electron chi connectivity index (χ3n) is 6.50. The first kappa shape index (κ1) is 18.4. The Morgan fingerprint density at radius 1 is 0.966 bits per heavy atom. The zero-order chi connectivity index (χ0) is 20.0. The molecule has 1 amide bonds. The van der Waals surface area contributed by atoms with Gasteiger partial charge in [0.25, 0.3) is 0 Å². The van der Waals surface area contributed by atoms with Gasteiger partial charge >= 0.3 is 0 Å². The van der Waals surface area contributed by atoms with Gasteiger partial charge in [0.05, 0.1) is 16.6 Å². The van der Waals surface area contributed by atoms with Crippen molar-refractivity contribution < 1.29 is 13.2 Å². The standard InChI is InChI=1S/C23H24N2O3S/c26-23(12-16-15-24-22-9-5-4-8-21(16)22)25-17-10-11-18(25)14-20(13-17)29(27,28)19-6-2-1-3-7-19/h1-9,15,17-18,20,24H,10-14H2/t17-,18-/m0/s1. The van der Waals surface area contributed by atoms with E-state index >= 15 is 0 Å². The molecule has 3 aromatic rings. The van der Waals surface area contributed by atoms with Gasteiger partial charge in [-0.1, -0.05) is 36.4 Å². The van der Waals surface area contributed by atoms with E-state index in [9.17, 15) is 13.2 Å². The predicted molar refractivity (Wildman–Crippen MR) is 112 cm³/mol. The van der Waals surface area contributed by atoms with Crippen molar-refractivity contribution in [2.45, 2.75) is 54.3 Å². The Hall–Kier alpha value is -2.60. The van der Waals surface area contributed by atoms with Crippen LogP contribution in [-0.2, 0) is 21.1 Å². The summed E-state index contributed by atoms with van der Waals surface area (Å²) in [6.45, 7) is 0. The number of nitrogens with zero attached hydrogens (tertiary/aromatic N) is 1. The summed E-state index contributed by atoms with van der Waals surface area (Å²) in [5.74, 6) is 0.109. The van der Waals surface area contributed by atoms with Gasteiger partial charge in [-0.25, -0.2) is 8.42 Å². The first-order chi connectivity index (χ1) is 14.0. The minimum absolute atomic E-state index is 0.0231. The Balaban J connectivity index is 1.35. The lowest BCUT2D eigenvalue weighted by atomic mass is 10.0. The summed E-state index contributed by atoms with van der Waals surface area (Å²) in [7, 11) is -3.36. The summed E-state index contributed by atoms with van der Waals surface area (Å²) in [6, 6.07) is 16.7. The van der Waals surface area contributed by atoms with Gasteiger partial charge in [-0.15, -0.1) is 0 Å². The van der Waals surface area contributed by atoms with Crippen LogP contribution in [-0.4, -0.2) is 41.5 Å². The van der Waals surface area contributed by atoms with E-state index in [1.54, 1.807) is 24.3 Å². The second-order valence-electron chi connectivity index (χ2n) is 8.17. The van der Waals surface area contributed by atoms with E-state index < -0.39 is 15.1 Å². The highest BCUT2D eigenvalue weighted by atomic mass is 32.2. The molecule has 2 aliphatic heterocycles. The molecule has 0 saturated carbocycles. The highest BCUT2D eigenvalue weighted by Crippen LogP contribution is 2.40. The molecule has 0 spiro atoms. The van der Waals surface area contributed by atoms with Crippen molar-refractivity contribution in [3.05, 3.63) is 66.4 Å². The quantitative estimate of drug-likeness (QED) is 0.715. The number of para-hydroxylation sites is 1. The van der Waals surface area contributed by atoms with Crippen molar-refractivity contribution in [2.75, 3.05) is 0 Å². The summed E-state index contributed by atoms with van der Waals surface area (Å²) < 4.78 is 26.2. The molecule has 2 aromatic carbocycles. The molecule has 5 nitrogen and oxygen atoms in total. The monoisotopic (exact) mass is 408 g/mol. The summed E-state index contributed by atoms with van der Waals surface area (Å²) in [4.78, 5) is 18.8. The summed E-state index contributed by atoms with van der Waals surface area (Å²) in [5.41, 5.74) is 2.04. The highest BCUT2D eigenvalue weighted by Gasteiger charge is 2.47. The molecule has 5 rings (SSSR count). The first-order valence-electron chi connectivity index (χ1n) is 10.2. The topological polar surface area (TPSA) is 70.2 Å². The Morgan fingerprint density at radius 2 is 1.62 bits per heavy atom. The second kappa shape index (κ2) is 7.02. The molecular weight excluding hydrogens is 384 g/mol. The maximum atomic E-state index is 13.2. The number of benzene rings is 2. The number of piperidine rings is 1. The number of nitrogens with one attached hydrogen (secondary N) is 1. The molecule has 3 heterocycles. The van der Waals surface area contributed by atoms with Gasteiger partial charge < -0.3 is 9.88 Å². The fourth-order valence-corrected chi connectivity index (χ4v) is 6.99. The van der Waals surface area contributed by atoms with Crippen molar-refractivity contribution >= 4 is 26.6 Å².